The van der Waals surface area contributed by atoms with Gasteiger partial charge in [0.05, 0.1) is 12.1 Å². The molecule has 0 spiro atoms. The Morgan fingerprint density at radius 3 is 2.59 bits per heavy atom. The van der Waals surface area contributed by atoms with Crippen LogP contribution in [-0.2, 0) is 17.6 Å². The predicted molar refractivity (Wildman–Crippen MR) is 111 cm³/mol. The number of aliphatic hydroxyl groups excluding tert-OH is 2. The molecule has 0 bridgehead atoms. The van der Waals surface area contributed by atoms with Crippen LogP contribution in [0.1, 0.15) is 23.7 Å². The summed E-state index contributed by atoms with van der Waals surface area (Å²) in [6.45, 7) is 0.245. The minimum Gasteiger partial charge on any atom is -0.489 e. The third-order valence-electron chi connectivity index (χ3n) is 4.65. The van der Waals surface area contributed by atoms with Crippen molar-refractivity contribution >= 4 is 17.3 Å². The molecule has 0 aliphatic rings. The Kier molecular flexibility index (Phi) is 7.78. The van der Waals surface area contributed by atoms with Gasteiger partial charge in [-0.25, -0.2) is 0 Å². The summed E-state index contributed by atoms with van der Waals surface area (Å²) in [6.07, 6.45) is -5.17. The van der Waals surface area contributed by atoms with Gasteiger partial charge in [-0.2, -0.15) is 13.2 Å². The van der Waals surface area contributed by atoms with E-state index in [1.807, 2.05) is 0 Å². The number of nitrogens with one attached hydrogen (secondary N) is 1. The zero-order chi connectivity index (χ0) is 24.1. The number of aromatic nitrogens is 1. The molecule has 1 heterocycles. The number of nitrogen functional groups attached to an aromatic ring is 1. The molecule has 174 valence electrons. The number of benzene rings is 1. The lowest BCUT2D eigenvalue weighted by atomic mass is 10.00. The van der Waals surface area contributed by atoms with E-state index in [0.29, 0.717) is 0 Å². The molecule has 0 saturated heterocycles. The van der Waals surface area contributed by atoms with Gasteiger partial charge in [-0.1, -0.05) is 6.07 Å². The molecule has 1 aromatic heterocycles. The smallest absolute Gasteiger partial charge is 0.433 e. The molecule has 0 fully saturated rings. The van der Waals surface area contributed by atoms with Crippen molar-refractivity contribution in [1.82, 2.24) is 10.3 Å². The molecule has 9 nitrogen and oxygen atoms in total. The van der Waals surface area contributed by atoms with Gasteiger partial charge in [0.15, 0.2) is 5.69 Å². The zero-order valence-electron chi connectivity index (χ0n) is 17.3. The van der Waals surface area contributed by atoms with Crippen LogP contribution in [0.4, 0.5) is 18.9 Å². The summed E-state index contributed by atoms with van der Waals surface area (Å²) in [7, 11) is 1.32. The van der Waals surface area contributed by atoms with E-state index in [1.54, 1.807) is 0 Å². The largest absolute Gasteiger partial charge is 0.489 e. The van der Waals surface area contributed by atoms with Crippen LogP contribution < -0.4 is 21.5 Å². The fourth-order valence-electron chi connectivity index (χ4n) is 2.67. The maximum Gasteiger partial charge on any atom is 0.433 e. The fraction of sp³-hybridized carbons (Fsp3) is 0.350. The highest BCUT2D eigenvalue weighted by atomic mass is 19.4. The van der Waals surface area contributed by atoms with Crippen LogP contribution in [-0.4, -0.2) is 52.2 Å². The minimum absolute atomic E-state index is 0.129. The summed E-state index contributed by atoms with van der Waals surface area (Å²) in [5, 5.41) is 21.5. The molecular weight excluding hydrogens is 431 g/mol. The number of aliphatic imine (C=N–C) groups is 1. The Labute approximate surface area is 181 Å². The Morgan fingerprint density at radius 1 is 1.34 bits per heavy atom. The van der Waals surface area contributed by atoms with Gasteiger partial charge in [0, 0.05) is 30.1 Å². The highest BCUT2D eigenvalue weighted by molar-refractivity contribution is 6.46. The minimum atomic E-state index is -4.64. The van der Waals surface area contributed by atoms with Crippen molar-refractivity contribution in [2.75, 3.05) is 19.4 Å². The molecule has 0 aliphatic carbocycles. The molecule has 0 aliphatic heterocycles. The third kappa shape index (κ3) is 5.72. The number of hydrogen-bond donors (Lipinski definition) is 5. The SMILES string of the molecule is CN=C(C(=O)NC(C)(CO)C(N)O)c1cc(OCc2cccnc2C(F)(F)F)ccc1N. The van der Waals surface area contributed by atoms with Crippen LogP contribution in [0.2, 0.25) is 0 Å². The monoisotopic (exact) mass is 455 g/mol. The quantitative estimate of drug-likeness (QED) is 0.224. The number of nitrogens with two attached hydrogens (primary N) is 2. The third-order valence-corrected chi connectivity index (χ3v) is 4.65. The number of halogens is 3. The van der Waals surface area contributed by atoms with Crippen molar-refractivity contribution in [3.8, 4) is 5.75 Å². The lowest BCUT2D eigenvalue weighted by Crippen LogP contribution is -2.61. The number of pyridine rings is 1. The van der Waals surface area contributed by atoms with Gasteiger partial charge in [0.2, 0.25) is 0 Å². The van der Waals surface area contributed by atoms with E-state index in [0.717, 1.165) is 6.20 Å². The molecule has 2 atom stereocenters. The maximum atomic E-state index is 13.1. The molecule has 1 aromatic carbocycles. The Bertz CT molecular complexity index is 997. The van der Waals surface area contributed by atoms with Crippen LogP contribution in [0.3, 0.4) is 0 Å². The molecule has 12 heteroatoms. The van der Waals surface area contributed by atoms with Crippen molar-refractivity contribution in [2.24, 2.45) is 10.7 Å². The highest BCUT2D eigenvalue weighted by Gasteiger charge is 2.35. The zero-order valence-corrected chi connectivity index (χ0v) is 17.3. The number of alkyl halides is 3. The number of aliphatic hydroxyl groups is 2. The van der Waals surface area contributed by atoms with E-state index in [-0.39, 0.29) is 28.3 Å². The predicted octanol–water partition coefficient (Wildman–Crippen LogP) is 0.825. The van der Waals surface area contributed by atoms with Crippen LogP contribution in [0, 0.1) is 0 Å². The van der Waals surface area contributed by atoms with Gasteiger partial charge in [0.1, 0.15) is 24.3 Å². The van der Waals surface area contributed by atoms with Crippen molar-refractivity contribution in [1.29, 1.82) is 0 Å². The maximum absolute atomic E-state index is 13.1. The van der Waals surface area contributed by atoms with Gasteiger partial charge in [-0.05, 0) is 31.2 Å². The molecule has 7 N–H and O–H groups in total. The van der Waals surface area contributed by atoms with E-state index in [9.17, 15) is 28.2 Å². The average molecular weight is 455 g/mol. The number of ether oxygens (including phenoxy) is 1. The fourth-order valence-corrected chi connectivity index (χ4v) is 2.67. The van der Waals surface area contributed by atoms with Crippen LogP contribution in [0.25, 0.3) is 0 Å². The summed E-state index contributed by atoms with van der Waals surface area (Å²) >= 11 is 0. The van der Waals surface area contributed by atoms with Crippen molar-refractivity contribution < 1.29 is 32.9 Å². The number of amides is 1. The van der Waals surface area contributed by atoms with Crippen molar-refractivity contribution in [3.63, 3.8) is 0 Å². The first-order valence-corrected chi connectivity index (χ1v) is 9.30. The van der Waals surface area contributed by atoms with E-state index in [1.165, 1.54) is 44.3 Å². The Hall–Kier alpha value is -3.22. The summed E-state index contributed by atoms with van der Waals surface area (Å²) < 4.78 is 44.8. The lowest BCUT2D eigenvalue weighted by Gasteiger charge is -2.31. The lowest BCUT2D eigenvalue weighted by molar-refractivity contribution is -0.142. The average Bonchev–Trinajstić information content (AvgIpc) is 2.73. The number of hydrogen-bond acceptors (Lipinski definition) is 8. The molecule has 0 radical (unpaired) electrons. The summed E-state index contributed by atoms with van der Waals surface area (Å²) in [5.74, 6) is -0.659. The van der Waals surface area contributed by atoms with E-state index in [4.69, 9.17) is 16.2 Å². The van der Waals surface area contributed by atoms with Gasteiger partial charge < -0.3 is 31.7 Å². The van der Waals surface area contributed by atoms with E-state index < -0.39 is 42.8 Å². The second-order valence-corrected chi connectivity index (χ2v) is 7.09. The molecule has 2 rings (SSSR count). The molecule has 1 amide bonds. The first-order valence-electron chi connectivity index (χ1n) is 9.30. The van der Waals surface area contributed by atoms with Gasteiger partial charge in [0.25, 0.3) is 5.91 Å². The number of carbonyl (C=O) groups excluding carboxylic acids is 1. The van der Waals surface area contributed by atoms with Crippen LogP contribution in [0.15, 0.2) is 41.5 Å². The normalized spacial score (nSPS) is 15.1. The summed E-state index contributed by atoms with van der Waals surface area (Å²) in [5.41, 5.74) is 8.70. The number of rotatable bonds is 8. The number of nitrogens with zero attached hydrogens (tertiary/aromatic N) is 2. The Balaban J connectivity index is 2.28. The van der Waals surface area contributed by atoms with Gasteiger partial charge >= 0.3 is 6.18 Å². The molecule has 32 heavy (non-hydrogen) atoms. The molecular formula is C20H24F3N5O4. The number of anilines is 1. The van der Waals surface area contributed by atoms with Crippen LogP contribution in [0.5, 0.6) is 5.75 Å². The molecule has 2 aromatic rings. The Morgan fingerprint density at radius 2 is 2.03 bits per heavy atom. The van der Waals surface area contributed by atoms with Crippen LogP contribution >= 0.6 is 0 Å². The topological polar surface area (TPSA) is 156 Å². The first-order chi connectivity index (χ1) is 14.9. The summed E-state index contributed by atoms with van der Waals surface area (Å²) in [6, 6.07) is 6.78. The molecule has 0 saturated carbocycles. The van der Waals surface area contributed by atoms with Crippen molar-refractivity contribution in [2.45, 2.75) is 31.5 Å². The van der Waals surface area contributed by atoms with E-state index >= 15 is 0 Å². The second-order valence-electron chi connectivity index (χ2n) is 7.09. The standard InChI is InChI=1S/C20H24F3N5O4/c1-19(10-29,18(25)31)28-17(30)15(26-2)13-8-12(5-6-14(13)24)32-9-11-4-3-7-27-16(11)20(21,22)23/h3-8,18,29,31H,9-10,24-25H2,1-2H3,(H,28,30). The highest BCUT2D eigenvalue weighted by Crippen LogP contribution is 2.31. The first kappa shape index (κ1) is 25.0. The second kappa shape index (κ2) is 9.94. The number of carbonyl (C=O) groups is 1. The summed E-state index contributed by atoms with van der Waals surface area (Å²) in [4.78, 5) is 20.0. The van der Waals surface area contributed by atoms with Crippen molar-refractivity contribution in [3.05, 3.63) is 53.3 Å². The van der Waals surface area contributed by atoms with Gasteiger partial charge in [-0.3, -0.25) is 14.8 Å². The van der Waals surface area contributed by atoms with E-state index in [2.05, 4.69) is 15.3 Å². The molecule has 2 unspecified atom stereocenters. The van der Waals surface area contributed by atoms with Gasteiger partial charge in [-0.15, -0.1) is 0 Å².